The Balaban J connectivity index is 0.000000244. The van der Waals surface area contributed by atoms with Crippen LogP contribution in [0.15, 0.2) is 60.7 Å². The van der Waals surface area contributed by atoms with E-state index in [1.807, 2.05) is 25.2 Å². The summed E-state index contributed by atoms with van der Waals surface area (Å²) in [4.78, 5) is 73.8. The van der Waals surface area contributed by atoms with Crippen molar-refractivity contribution in [1.29, 1.82) is 0 Å². The number of nitrogens with zero attached hydrogens (tertiary/aromatic N) is 6. The Morgan fingerprint density at radius 2 is 1.06 bits per heavy atom. The van der Waals surface area contributed by atoms with Crippen LogP contribution in [0.3, 0.4) is 0 Å². The van der Waals surface area contributed by atoms with E-state index in [0.717, 1.165) is 49.0 Å². The molecule has 0 unspecified atom stereocenters. The number of anilines is 6. The maximum atomic E-state index is 12.0. The van der Waals surface area contributed by atoms with E-state index in [2.05, 4.69) is 21.6 Å². The summed E-state index contributed by atoms with van der Waals surface area (Å²) in [7, 11) is 5.06. The average molecular weight is 1030 g/mol. The number of carbonyl (C=O) groups is 4. The van der Waals surface area contributed by atoms with Crippen molar-refractivity contribution in [2.45, 2.75) is 73.9 Å². The Labute approximate surface area is 421 Å². The first-order valence-corrected chi connectivity index (χ1v) is 22.2. The third kappa shape index (κ3) is 13.2. The van der Waals surface area contributed by atoms with Gasteiger partial charge in [0.25, 0.3) is 23.6 Å². The smallest absolute Gasteiger partial charge is 0.314 e. The number of nitro groups is 2. The number of hydrogen-bond acceptors (Lipinski definition) is 16. The van der Waals surface area contributed by atoms with Gasteiger partial charge in [0.2, 0.25) is 11.5 Å². The molecule has 0 radical (unpaired) electrons. The number of aliphatic hydroxyl groups excluding tert-OH is 1. The first-order valence-electron chi connectivity index (χ1n) is 21.5. The molecule has 0 aromatic heterocycles. The van der Waals surface area contributed by atoms with E-state index in [9.17, 15) is 39.4 Å². The van der Waals surface area contributed by atoms with Gasteiger partial charge in [-0.2, -0.15) is 0 Å². The number of piperazine rings is 1. The number of likely N-dealkylation sites (N-methyl/N-ethyl adjacent to an activating group) is 3. The average Bonchev–Trinajstić information content (AvgIpc) is 3.31. The predicted molar refractivity (Wildman–Crippen MR) is 274 cm³/mol. The lowest BCUT2D eigenvalue weighted by Gasteiger charge is -2.36. The number of fused-ring (bicyclic) bond motifs is 4. The van der Waals surface area contributed by atoms with Gasteiger partial charge in [-0.05, 0) is 71.0 Å². The monoisotopic (exact) mass is 1030 g/mol. The van der Waals surface area contributed by atoms with Crippen molar-refractivity contribution in [3.63, 3.8) is 0 Å². The second kappa shape index (κ2) is 25.1. The molecule has 5 heterocycles. The van der Waals surface area contributed by atoms with Gasteiger partial charge in [-0.25, -0.2) is 0 Å². The van der Waals surface area contributed by atoms with E-state index in [-0.39, 0.29) is 83.7 Å². The number of aliphatic hydroxyl groups is 1. The van der Waals surface area contributed by atoms with Crippen LogP contribution in [0, 0.1) is 20.2 Å². The van der Waals surface area contributed by atoms with E-state index in [0.29, 0.717) is 17.1 Å². The summed E-state index contributed by atoms with van der Waals surface area (Å²) in [6, 6.07) is 16.6. The maximum Gasteiger partial charge on any atom is 0.314 e. The molecular weight excluding hydrogens is 969 g/mol. The highest BCUT2D eigenvalue weighted by Crippen LogP contribution is 2.45. The van der Waals surface area contributed by atoms with Crippen molar-refractivity contribution in [1.82, 2.24) is 5.32 Å². The van der Waals surface area contributed by atoms with Gasteiger partial charge in [-0.15, -0.1) is 0 Å². The Morgan fingerprint density at radius 1 is 0.648 bits per heavy atom. The third-order valence-corrected chi connectivity index (χ3v) is 11.3. The number of carbonyl (C=O) groups excluding carboxylic acids is 4. The number of nitrogen functional groups attached to an aromatic ring is 1. The SMILES string of the molecule is C.C.CCO.C[C@H]1Oc2c(N)cccc2N(C)C1=O.C[C@H]1Oc2c(N3CCNCC3)cccc2N(C)C1=O.C[C@H]1Oc2c(cc(Cl)cc2[N+](=O)[O-])N(C)C1=O.C[C@H]1Oc2c(cc(Cl)cc2[N+](=O)[O-])NC1=O. The number of hydrogen-bond donors (Lipinski definition) is 4. The van der Waals surface area contributed by atoms with Gasteiger partial charge >= 0.3 is 11.4 Å². The summed E-state index contributed by atoms with van der Waals surface area (Å²) < 4.78 is 21.7. The van der Waals surface area contributed by atoms with Gasteiger partial charge in [-0.1, -0.05) is 50.2 Å². The Morgan fingerprint density at radius 3 is 1.58 bits per heavy atom. The Hall–Kier alpha value is -7.14. The number of nitro benzene ring substituents is 2. The quantitative estimate of drug-likeness (QED) is 0.0906. The van der Waals surface area contributed by atoms with E-state index >= 15 is 0 Å². The molecular formula is C47H61Cl2N9O13. The lowest BCUT2D eigenvalue weighted by Crippen LogP contribution is -2.45. The molecule has 9 rings (SSSR count). The second-order valence-electron chi connectivity index (χ2n) is 15.7. The molecule has 0 bridgehead atoms. The standard InChI is InChI=1S/C14H19N3O2.C10H9ClN2O4.C10H12N2O2.C9H7ClN2O4.C2H6O.2CH4/c1-10-14(18)16(2)11-4-3-5-12(13(11)19-10)17-8-6-15-7-9-17;1-5-10(14)12(2)7-3-6(11)4-8(13(15)16)9(7)17-5;1-6-10(13)12(2)8-5-3-4-7(11)9(8)14-6;1-4-9(13)11-6-2-5(10)3-7(12(14)15)8(6)16-4;1-2-3;;/h3-5,10,15H,6-9H2,1-2H3;3-5H,1-2H3;3-6H,11H2,1-2H3;2-4H,1H3,(H,11,13);3H,2H2,1H3;2*1H4/t10-;5-;6-;4-;;;/m1111.../s1. The van der Waals surface area contributed by atoms with Crippen LogP contribution in [0.5, 0.6) is 23.0 Å². The summed E-state index contributed by atoms with van der Waals surface area (Å²) in [6.07, 6.45) is -2.38. The summed E-state index contributed by atoms with van der Waals surface area (Å²) in [5.74, 6) is 0.878. The Bertz CT molecular complexity index is 2620. The van der Waals surface area contributed by atoms with Crippen LogP contribution in [-0.4, -0.2) is 117 Å². The predicted octanol–water partition coefficient (Wildman–Crippen LogP) is 7.08. The first kappa shape index (κ1) is 58.2. The normalized spacial score (nSPS) is 19.0. The number of ether oxygens (including phenoxy) is 4. The molecule has 71 heavy (non-hydrogen) atoms. The molecule has 386 valence electrons. The number of nitrogens with one attached hydrogen (secondary N) is 2. The third-order valence-electron chi connectivity index (χ3n) is 10.8. The zero-order valence-electron chi connectivity index (χ0n) is 39.0. The topological polar surface area (TPSA) is 275 Å². The molecule has 4 aromatic carbocycles. The maximum absolute atomic E-state index is 12.0. The van der Waals surface area contributed by atoms with Gasteiger partial charge in [0.1, 0.15) is 0 Å². The highest BCUT2D eigenvalue weighted by atomic mass is 35.5. The Kier molecular flexibility index (Phi) is 20.6. The molecule has 4 amide bonds. The molecule has 4 atom stereocenters. The fourth-order valence-corrected chi connectivity index (χ4v) is 7.73. The van der Waals surface area contributed by atoms with Gasteiger partial charge in [0.05, 0.1) is 44.0 Å². The second-order valence-corrected chi connectivity index (χ2v) is 16.6. The molecule has 1 saturated heterocycles. The molecule has 5 N–H and O–H groups in total. The number of nitrogens with two attached hydrogens (primary N) is 1. The summed E-state index contributed by atoms with van der Waals surface area (Å²) >= 11 is 11.5. The molecule has 5 aliphatic heterocycles. The number of halogens is 2. The summed E-state index contributed by atoms with van der Waals surface area (Å²) in [6.45, 7) is 12.4. The van der Waals surface area contributed by atoms with Crippen LogP contribution in [0.1, 0.15) is 49.5 Å². The number of para-hydroxylation sites is 2. The lowest BCUT2D eigenvalue weighted by atomic mass is 10.1. The van der Waals surface area contributed by atoms with Crippen molar-refractivity contribution in [3.8, 4) is 23.0 Å². The van der Waals surface area contributed by atoms with Crippen molar-refractivity contribution in [2.24, 2.45) is 0 Å². The summed E-state index contributed by atoms with van der Waals surface area (Å²) in [5, 5.41) is 35.4. The first-order chi connectivity index (χ1) is 32.6. The van der Waals surface area contributed by atoms with Crippen LogP contribution in [0.25, 0.3) is 0 Å². The lowest BCUT2D eigenvalue weighted by molar-refractivity contribution is -0.386. The molecule has 1 fully saturated rings. The molecule has 5 aliphatic rings. The van der Waals surface area contributed by atoms with Crippen LogP contribution in [0.2, 0.25) is 10.0 Å². The minimum absolute atomic E-state index is 0. The fourth-order valence-electron chi connectivity index (χ4n) is 7.31. The minimum Gasteiger partial charge on any atom is -0.477 e. The van der Waals surface area contributed by atoms with Gasteiger partial charge in [0.15, 0.2) is 35.9 Å². The fraction of sp³-hybridized carbons (Fsp3) is 0.404. The van der Waals surface area contributed by atoms with Gasteiger partial charge < -0.3 is 60.0 Å². The molecule has 22 nitrogen and oxygen atoms in total. The van der Waals surface area contributed by atoms with Crippen LogP contribution >= 0.6 is 23.2 Å². The largest absolute Gasteiger partial charge is 0.477 e. The van der Waals surface area contributed by atoms with Crippen LogP contribution in [-0.2, 0) is 19.2 Å². The molecule has 24 heteroatoms. The molecule has 4 aromatic rings. The van der Waals surface area contributed by atoms with Crippen molar-refractivity contribution in [2.75, 3.05) is 84.6 Å². The van der Waals surface area contributed by atoms with E-state index in [1.54, 1.807) is 56.7 Å². The highest BCUT2D eigenvalue weighted by Gasteiger charge is 2.36. The molecule has 0 spiro atoms. The van der Waals surface area contributed by atoms with Crippen molar-refractivity contribution < 1.29 is 53.1 Å². The van der Waals surface area contributed by atoms with Gasteiger partial charge in [0, 0.05) is 76.1 Å². The zero-order valence-corrected chi connectivity index (χ0v) is 40.5. The number of amides is 4. The van der Waals surface area contributed by atoms with Gasteiger partial charge in [-0.3, -0.25) is 39.4 Å². The molecule has 0 aliphatic carbocycles. The van der Waals surface area contributed by atoms with Crippen LogP contribution < -0.4 is 54.9 Å². The van der Waals surface area contributed by atoms with Crippen molar-refractivity contribution in [3.05, 3.63) is 90.9 Å². The zero-order chi connectivity index (χ0) is 51.0. The number of rotatable bonds is 3. The van der Waals surface area contributed by atoms with Crippen LogP contribution in [0.4, 0.5) is 45.5 Å². The van der Waals surface area contributed by atoms with E-state index in [4.69, 9.17) is 53.0 Å². The van der Waals surface area contributed by atoms with E-state index < -0.39 is 34.3 Å². The minimum atomic E-state index is -0.757. The summed E-state index contributed by atoms with van der Waals surface area (Å²) in [5.41, 5.74) is 9.03. The number of benzene rings is 4. The van der Waals surface area contributed by atoms with E-state index in [1.165, 1.54) is 43.1 Å². The molecule has 0 saturated carbocycles. The van der Waals surface area contributed by atoms with Crippen molar-refractivity contribution >= 4 is 92.3 Å². The highest BCUT2D eigenvalue weighted by molar-refractivity contribution is 6.31.